The number of anilines is 1. The van der Waals surface area contributed by atoms with Crippen LogP contribution in [0.5, 0.6) is 0 Å². The Morgan fingerprint density at radius 1 is 1.18 bits per heavy atom. The van der Waals surface area contributed by atoms with Gasteiger partial charge in [-0.05, 0) is 43.4 Å². The Kier molecular flexibility index (Phi) is 4.57. The van der Waals surface area contributed by atoms with E-state index in [1.54, 1.807) is 12.3 Å². The number of pyridine rings is 1. The van der Waals surface area contributed by atoms with E-state index >= 15 is 0 Å². The van der Waals surface area contributed by atoms with Crippen molar-refractivity contribution in [1.29, 1.82) is 0 Å². The standard InChI is InChI=1S/C22H25N3O3/c1-24(2)19-11-8-16(14-23-19)20(26)25-17-9-10-18(25)22(13-17,21(27)28)12-15-6-4-3-5-7-15/h3-8,11,14,17-18H,9-10,12-13H2,1-2H3,(H,27,28)/t17-,18+,22+/m0/s1. The van der Waals surface area contributed by atoms with E-state index in [1.165, 1.54) is 0 Å². The minimum atomic E-state index is -0.920. The lowest BCUT2D eigenvalue weighted by molar-refractivity contribution is -0.150. The van der Waals surface area contributed by atoms with Crippen LogP contribution in [0.2, 0.25) is 0 Å². The predicted molar refractivity (Wildman–Crippen MR) is 106 cm³/mol. The fraction of sp³-hybridized carbons (Fsp3) is 0.409. The number of carbonyl (C=O) groups is 2. The third-order valence-electron chi connectivity index (χ3n) is 6.22. The first kappa shape index (κ1) is 18.5. The van der Waals surface area contributed by atoms with E-state index in [4.69, 9.17) is 0 Å². The molecule has 146 valence electrons. The topological polar surface area (TPSA) is 73.7 Å². The molecule has 2 aliphatic heterocycles. The second-order valence-corrected chi connectivity index (χ2v) is 8.09. The third-order valence-corrected chi connectivity index (χ3v) is 6.22. The number of benzene rings is 1. The number of aliphatic carboxylic acids is 1. The molecular weight excluding hydrogens is 354 g/mol. The van der Waals surface area contributed by atoms with Crippen LogP contribution >= 0.6 is 0 Å². The molecule has 0 unspecified atom stereocenters. The van der Waals surface area contributed by atoms with Crippen molar-refractivity contribution in [2.45, 2.75) is 37.8 Å². The molecular formula is C22H25N3O3. The molecule has 0 radical (unpaired) electrons. The lowest BCUT2D eigenvalue weighted by Gasteiger charge is -2.33. The van der Waals surface area contributed by atoms with Crippen molar-refractivity contribution < 1.29 is 14.7 Å². The minimum absolute atomic E-state index is 0.0224. The molecule has 2 bridgehead atoms. The van der Waals surface area contributed by atoms with Crippen molar-refractivity contribution in [3.63, 3.8) is 0 Å². The Morgan fingerprint density at radius 2 is 1.93 bits per heavy atom. The van der Waals surface area contributed by atoms with Gasteiger partial charge < -0.3 is 14.9 Å². The maximum Gasteiger partial charge on any atom is 0.312 e. The molecule has 2 aliphatic rings. The summed E-state index contributed by atoms with van der Waals surface area (Å²) in [6, 6.07) is 13.0. The number of carboxylic acid groups (broad SMARTS) is 1. The summed E-state index contributed by atoms with van der Waals surface area (Å²) in [6.45, 7) is 0. The van der Waals surface area contributed by atoms with Gasteiger partial charge in [0.15, 0.2) is 0 Å². The zero-order valence-electron chi connectivity index (χ0n) is 16.2. The number of amides is 1. The van der Waals surface area contributed by atoms with Crippen molar-refractivity contribution in [1.82, 2.24) is 9.88 Å². The normalized spacial score (nSPS) is 25.7. The van der Waals surface area contributed by atoms with Crippen LogP contribution in [0, 0.1) is 5.41 Å². The average molecular weight is 379 g/mol. The zero-order valence-corrected chi connectivity index (χ0v) is 16.2. The predicted octanol–water partition coefficient (Wildman–Crippen LogP) is 2.84. The monoisotopic (exact) mass is 379 g/mol. The molecule has 1 aromatic carbocycles. The molecule has 2 fully saturated rings. The Bertz CT molecular complexity index is 882. The van der Waals surface area contributed by atoms with E-state index in [0.717, 1.165) is 24.2 Å². The van der Waals surface area contributed by atoms with E-state index in [2.05, 4.69) is 4.98 Å². The number of carboxylic acids is 1. The zero-order chi connectivity index (χ0) is 19.9. The second-order valence-electron chi connectivity index (χ2n) is 8.09. The maximum absolute atomic E-state index is 13.2. The quantitative estimate of drug-likeness (QED) is 0.865. The summed E-state index contributed by atoms with van der Waals surface area (Å²) >= 11 is 0. The molecule has 0 aliphatic carbocycles. The van der Waals surface area contributed by atoms with Crippen LogP contribution in [0.3, 0.4) is 0 Å². The van der Waals surface area contributed by atoms with Crippen molar-refractivity contribution in [2.24, 2.45) is 5.41 Å². The number of carbonyl (C=O) groups excluding carboxylic acids is 1. The van der Waals surface area contributed by atoms with Crippen LogP contribution in [0.25, 0.3) is 0 Å². The number of fused-ring (bicyclic) bond motifs is 2. The molecule has 6 heteroatoms. The molecule has 2 saturated heterocycles. The van der Waals surface area contributed by atoms with E-state index in [9.17, 15) is 14.7 Å². The summed E-state index contributed by atoms with van der Waals surface area (Å²) in [5, 5.41) is 10.2. The molecule has 3 atom stereocenters. The lowest BCUT2D eigenvalue weighted by atomic mass is 9.70. The first-order valence-electron chi connectivity index (χ1n) is 9.66. The van der Waals surface area contributed by atoms with Gasteiger partial charge in [0.25, 0.3) is 5.91 Å². The highest BCUT2D eigenvalue weighted by Gasteiger charge is 2.61. The maximum atomic E-state index is 13.2. The number of aromatic nitrogens is 1. The second kappa shape index (κ2) is 6.93. The van der Waals surface area contributed by atoms with Gasteiger partial charge in [0.1, 0.15) is 5.82 Å². The summed E-state index contributed by atoms with van der Waals surface area (Å²) in [4.78, 5) is 33.7. The fourth-order valence-electron chi connectivity index (χ4n) is 4.87. The first-order valence-corrected chi connectivity index (χ1v) is 9.66. The van der Waals surface area contributed by atoms with E-state index < -0.39 is 11.4 Å². The molecule has 0 spiro atoms. The summed E-state index contributed by atoms with van der Waals surface area (Å²) in [6.07, 6.45) is 4.15. The van der Waals surface area contributed by atoms with Crippen molar-refractivity contribution >= 4 is 17.7 Å². The summed E-state index contributed by atoms with van der Waals surface area (Å²) in [5.74, 6) is -0.131. The van der Waals surface area contributed by atoms with Gasteiger partial charge in [0, 0.05) is 32.4 Å². The lowest BCUT2D eigenvalue weighted by Crippen LogP contribution is -2.46. The van der Waals surface area contributed by atoms with Gasteiger partial charge in [-0.1, -0.05) is 30.3 Å². The van der Waals surface area contributed by atoms with Crippen molar-refractivity contribution in [3.8, 4) is 0 Å². The molecule has 1 aromatic heterocycles. The molecule has 2 aromatic rings. The number of nitrogens with zero attached hydrogens (tertiary/aromatic N) is 3. The molecule has 4 rings (SSSR count). The minimum Gasteiger partial charge on any atom is -0.481 e. The van der Waals surface area contributed by atoms with Gasteiger partial charge >= 0.3 is 5.97 Å². The summed E-state index contributed by atoms with van der Waals surface area (Å²) < 4.78 is 0. The Balaban J connectivity index is 1.63. The van der Waals surface area contributed by atoms with Crippen LogP contribution in [-0.2, 0) is 11.2 Å². The fourth-order valence-corrected chi connectivity index (χ4v) is 4.87. The molecule has 0 saturated carbocycles. The molecule has 1 amide bonds. The van der Waals surface area contributed by atoms with Gasteiger partial charge in [-0.25, -0.2) is 4.98 Å². The van der Waals surface area contributed by atoms with E-state index in [1.807, 2.05) is 60.3 Å². The van der Waals surface area contributed by atoms with Crippen LogP contribution in [0.4, 0.5) is 5.82 Å². The molecule has 6 nitrogen and oxygen atoms in total. The number of rotatable bonds is 5. The van der Waals surface area contributed by atoms with Gasteiger partial charge in [-0.15, -0.1) is 0 Å². The number of hydrogen-bond donors (Lipinski definition) is 1. The SMILES string of the molecule is CN(C)c1ccc(C(=O)N2[C@H]3CC[C@@H]2[C@](Cc2ccccc2)(C(=O)O)C3)cn1. The largest absolute Gasteiger partial charge is 0.481 e. The smallest absolute Gasteiger partial charge is 0.312 e. The van der Waals surface area contributed by atoms with E-state index in [-0.39, 0.29) is 18.0 Å². The molecule has 28 heavy (non-hydrogen) atoms. The van der Waals surface area contributed by atoms with Crippen LogP contribution in [-0.4, -0.2) is 53.0 Å². The van der Waals surface area contributed by atoms with Gasteiger partial charge in [0.05, 0.1) is 11.0 Å². The summed E-state index contributed by atoms with van der Waals surface area (Å²) in [5.41, 5.74) is 0.599. The van der Waals surface area contributed by atoms with Crippen LogP contribution in [0.15, 0.2) is 48.7 Å². The highest BCUT2D eigenvalue weighted by molar-refractivity contribution is 5.96. The van der Waals surface area contributed by atoms with Crippen LogP contribution in [0.1, 0.15) is 35.2 Å². The highest BCUT2D eigenvalue weighted by atomic mass is 16.4. The number of hydrogen-bond acceptors (Lipinski definition) is 4. The highest BCUT2D eigenvalue weighted by Crippen LogP contribution is 2.52. The Labute approximate surface area is 164 Å². The van der Waals surface area contributed by atoms with Crippen molar-refractivity contribution in [3.05, 3.63) is 59.8 Å². The third kappa shape index (κ3) is 2.93. The van der Waals surface area contributed by atoms with Gasteiger partial charge in [0.2, 0.25) is 0 Å². The van der Waals surface area contributed by atoms with Gasteiger partial charge in [-0.3, -0.25) is 9.59 Å². The first-order chi connectivity index (χ1) is 13.4. The summed E-state index contributed by atoms with van der Waals surface area (Å²) in [7, 11) is 3.80. The van der Waals surface area contributed by atoms with Gasteiger partial charge in [-0.2, -0.15) is 0 Å². The van der Waals surface area contributed by atoms with Crippen molar-refractivity contribution in [2.75, 3.05) is 19.0 Å². The van der Waals surface area contributed by atoms with Crippen LogP contribution < -0.4 is 4.90 Å². The molecule has 3 heterocycles. The Hall–Kier alpha value is -2.89. The average Bonchev–Trinajstić information content (AvgIpc) is 3.24. The van der Waals surface area contributed by atoms with E-state index in [0.29, 0.717) is 18.4 Å². The molecule has 1 N–H and O–H groups in total. The Morgan fingerprint density at radius 3 is 2.54 bits per heavy atom.